The van der Waals surface area contributed by atoms with E-state index < -0.39 is 23.3 Å². The topological polar surface area (TPSA) is 71.5 Å². The summed E-state index contributed by atoms with van der Waals surface area (Å²) in [6.45, 7) is 5.17. The Labute approximate surface area is 151 Å². The fourth-order valence-corrected chi connectivity index (χ4v) is 3.27. The zero-order valence-corrected chi connectivity index (χ0v) is 15.1. The van der Waals surface area contributed by atoms with Crippen LogP contribution in [0.5, 0.6) is 5.75 Å². The third kappa shape index (κ3) is 2.69. The summed E-state index contributed by atoms with van der Waals surface area (Å²) >= 11 is 0. The van der Waals surface area contributed by atoms with Crippen LogP contribution in [0, 0.1) is 19.7 Å². The highest BCUT2D eigenvalue weighted by atomic mass is 19.1. The van der Waals surface area contributed by atoms with E-state index >= 15 is 0 Å². The molecule has 1 atom stereocenters. The number of ether oxygens (including phenoxy) is 1. The van der Waals surface area contributed by atoms with Crippen LogP contribution in [0.2, 0.25) is 0 Å². The fraction of sp³-hybridized carbons (Fsp3) is 0.316. The minimum atomic E-state index is -1.45. The second-order valence-electron chi connectivity index (χ2n) is 6.47. The van der Waals surface area contributed by atoms with Gasteiger partial charge in [0.05, 0.1) is 19.3 Å². The van der Waals surface area contributed by atoms with Gasteiger partial charge in [-0.3, -0.25) is 14.7 Å². The number of aromatic nitrogens is 1. The maximum atomic E-state index is 14.2. The number of hydrogen-bond donors (Lipinski definition) is 1. The van der Waals surface area contributed by atoms with Crippen LogP contribution in [0.4, 0.5) is 9.18 Å². The average molecular weight is 357 g/mol. The molecule has 7 heteroatoms. The van der Waals surface area contributed by atoms with Crippen molar-refractivity contribution in [1.29, 1.82) is 0 Å². The van der Waals surface area contributed by atoms with E-state index in [9.17, 15) is 14.0 Å². The van der Waals surface area contributed by atoms with Crippen molar-refractivity contribution in [3.8, 4) is 5.75 Å². The summed E-state index contributed by atoms with van der Waals surface area (Å²) in [5.74, 6) is -0.399. The van der Waals surface area contributed by atoms with Crippen molar-refractivity contribution >= 4 is 11.9 Å². The van der Waals surface area contributed by atoms with Crippen LogP contribution in [0.3, 0.4) is 0 Å². The van der Waals surface area contributed by atoms with E-state index in [0.29, 0.717) is 11.4 Å². The zero-order valence-electron chi connectivity index (χ0n) is 15.1. The first-order valence-electron chi connectivity index (χ1n) is 8.17. The normalized spacial score (nSPS) is 19.7. The molecule has 1 aromatic heterocycles. The highest BCUT2D eigenvalue weighted by Gasteiger charge is 2.50. The number of halogens is 1. The Bertz CT molecular complexity index is 900. The Morgan fingerprint density at radius 3 is 2.62 bits per heavy atom. The van der Waals surface area contributed by atoms with Crippen LogP contribution in [0.1, 0.15) is 29.3 Å². The van der Waals surface area contributed by atoms with E-state index in [2.05, 4.69) is 10.3 Å². The minimum Gasteiger partial charge on any atom is -0.496 e. The molecule has 136 valence electrons. The first-order chi connectivity index (χ1) is 12.3. The molecule has 26 heavy (non-hydrogen) atoms. The van der Waals surface area contributed by atoms with Gasteiger partial charge in [-0.25, -0.2) is 9.18 Å². The van der Waals surface area contributed by atoms with Gasteiger partial charge in [-0.2, -0.15) is 0 Å². The summed E-state index contributed by atoms with van der Waals surface area (Å²) < 4.78 is 19.6. The molecule has 1 aliphatic heterocycles. The number of methoxy groups -OCH3 is 1. The van der Waals surface area contributed by atoms with Crippen molar-refractivity contribution in [2.45, 2.75) is 32.9 Å². The molecule has 1 aromatic carbocycles. The quantitative estimate of drug-likeness (QED) is 0.854. The van der Waals surface area contributed by atoms with Crippen LogP contribution in [0.25, 0.3) is 0 Å². The summed E-state index contributed by atoms with van der Waals surface area (Å²) in [6.07, 6.45) is 1.63. The Morgan fingerprint density at radius 2 is 1.96 bits per heavy atom. The third-order valence-electron chi connectivity index (χ3n) is 4.75. The summed E-state index contributed by atoms with van der Waals surface area (Å²) in [5, 5.41) is 2.61. The molecule has 2 heterocycles. The van der Waals surface area contributed by atoms with Crippen molar-refractivity contribution in [3.05, 3.63) is 58.7 Å². The summed E-state index contributed by atoms with van der Waals surface area (Å²) in [7, 11) is 1.56. The number of aryl methyl sites for hydroxylation is 1. The number of carbonyl (C=O) groups is 2. The van der Waals surface area contributed by atoms with Crippen molar-refractivity contribution in [3.63, 3.8) is 0 Å². The molecule has 1 fully saturated rings. The van der Waals surface area contributed by atoms with Crippen molar-refractivity contribution in [2.75, 3.05) is 7.11 Å². The standard InChI is InChI=1S/C19H20FN3O3/c1-11-9-21-15(12(2)16(11)26-4)10-23-17(24)19(3,22-18(23)25)13-7-5-6-8-14(13)20/h5-9H,10H2,1-4H3,(H,22,25). The van der Waals surface area contributed by atoms with Gasteiger partial charge in [-0.15, -0.1) is 0 Å². The highest BCUT2D eigenvalue weighted by Crippen LogP contribution is 2.32. The number of carbonyl (C=O) groups excluding carboxylic acids is 2. The Morgan fingerprint density at radius 1 is 1.27 bits per heavy atom. The van der Waals surface area contributed by atoms with Gasteiger partial charge < -0.3 is 10.1 Å². The molecule has 0 spiro atoms. The van der Waals surface area contributed by atoms with Gasteiger partial charge in [-0.05, 0) is 26.8 Å². The Balaban J connectivity index is 1.95. The Hall–Kier alpha value is -2.96. The molecule has 0 bridgehead atoms. The molecule has 0 saturated carbocycles. The van der Waals surface area contributed by atoms with Crippen LogP contribution < -0.4 is 10.1 Å². The maximum Gasteiger partial charge on any atom is 0.325 e. The van der Waals surface area contributed by atoms with E-state index in [4.69, 9.17) is 4.74 Å². The van der Waals surface area contributed by atoms with E-state index in [1.165, 1.54) is 25.1 Å². The lowest BCUT2D eigenvalue weighted by molar-refractivity contribution is -0.131. The highest BCUT2D eigenvalue weighted by molar-refractivity contribution is 6.07. The second-order valence-corrected chi connectivity index (χ2v) is 6.47. The van der Waals surface area contributed by atoms with Gasteiger partial charge in [0.2, 0.25) is 0 Å². The van der Waals surface area contributed by atoms with Crippen molar-refractivity contribution < 1.29 is 18.7 Å². The van der Waals surface area contributed by atoms with Crippen LogP contribution in [-0.2, 0) is 16.9 Å². The Kier molecular flexibility index (Phi) is 4.39. The van der Waals surface area contributed by atoms with E-state index in [1.807, 2.05) is 13.8 Å². The van der Waals surface area contributed by atoms with Gasteiger partial charge in [-0.1, -0.05) is 18.2 Å². The molecule has 0 radical (unpaired) electrons. The van der Waals surface area contributed by atoms with Gasteiger partial charge in [0.1, 0.15) is 17.1 Å². The number of amides is 3. The third-order valence-corrected chi connectivity index (χ3v) is 4.75. The number of imide groups is 1. The van der Waals surface area contributed by atoms with E-state index in [1.54, 1.807) is 19.4 Å². The number of hydrogen-bond acceptors (Lipinski definition) is 4. The number of pyridine rings is 1. The van der Waals surface area contributed by atoms with Crippen LogP contribution in [-0.4, -0.2) is 28.9 Å². The lowest BCUT2D eigenvalue weighted by atomic mass is 9.91. The fourth-order valence-electron chi connectivity index (χ4n) is 3.27. The largest absolute Gasteiger partial charge is 0.496 e. The van der Waals surface area contributed by atoms with E-state index in [0.717, 1.165) is 16.0 Å². The summed E-state index contributed by atoms with van der Waals surface area (Å²) in [6, 6.07) is 5.34. The molecule has 3 rings (SSSR count). The number of benzene rings is 1. The lowest BCUT2D eigenvalue weighted by Crippen LogP contribution is -2.41. The molecule has 1 unspecified atom stereocenters. The van der Waals surface area contributed by atoms with Crippen molar-refractivity contribution in [1.82, 2.24) is 15.2 Å². The van der Waals surface area contributed by atoms with Gasteiger partial charge in [0.25, 0.3) is 5.91 Å². The zero-order chi connectivity index (χ0) is 19.1. The number of nitrogens with one attached hydrogen (secondary N) is 1. The minimum absolute atomic E-state index is 0.0167. The molecule has 2 aromatic rings. The number of urea groups is 1. The van der Waals surface area contributed by atoms with Gasteiger partial charge in [0.15, 0.2) is 0 Å². The molecule has 1 aliphatic rings. The average Bonchev–Trinajstić information content (AvgIpc) is 2.82. The summed E-state index contributed by atoms with van der Waals surface area (Å²) in [5.41, 5.74) is 0.848. The first-order valence-corrected chi connectivity index (χ1v) is 8.17. The molecule has 1 saturated heterocycles. The molecule has 1 N–H and O–H groups in total. The van der Waals surface area contributed by atoms with Gasteiger partial charge >= 0.3 is 6.03 Å². The molecule has 3 amide bonds. The van der Waals surface area contributed by atoms with Crippen LogP contribution >= 0.6 is 0 Å². The van der Waals surface area contributed by atoms with E-state index in [-0.39, 0.29) is 12.1 Å². The number of rotatable bonds is 4. The molecular weight excluding hydrogens is 337 g/mol. The predicted molar refractivity (Wildman–Crippen MR) is 93.1 cm³/mol. The smallest absolute Gasteiger partial charge is 0.325 e. The first kappa shape index (κ1) is 17.8. The summed E-state index contributed by atoms with van der Waals surface area (Å²) in [4.78, 5) is 30.8. The molecular formula is C19H20FN3O3. The molecule has 0 aliphatic carbocycles. The predicted octanol–water partition coefficient (Wildman–Crippen LogP) is 2.81. The lowest BCUT2D eigenvalue weighted by Gasteiger charge is -2.23. The maximum absolute atomic E-state index is 14.2. The second kappa shape index (κ2) is 6.40. The molecule has 6 nitrogen and oxygen atoms in total. The SMILES string of the molecule is COc1c(C)cnc(CN2C(=O)NC(C)(c3ccccc3F)C2=O)c1C. The number of nitrogens with zero attached hydrogens (tertiary/aromatic N) is 2. The monoisotopic (exact) mass is 357 g/mol. The van der Waals surface area contributed by atoms with Crippen molar-refractivity contribution in [2.24, 2.45) is 0 Å². The van der Waals surface area contributed by atoms with Crippen LogP contribution in [0.15, 0.2) is 30.5 Å². The van der Waals surface area contributed by atoms with Gasteiger partial charge in [0, 0.05) is 22.9 Å².